The lowest BCUT2D eigenvalue weighted by Crippen LogP contribution is -2.31. The Kier molecular flexibility index (Phi) is 8.16. The number of piperidine rings is 1. The topological polar surface area (TPSA) is 149 Å². The minimum atomic E-state index is -3.90. The molecule has 0 bridgehead atoms. The zero-order chi connectivity index (χ0) is 25.7. The van der Waals surface area contributed by atoms with Gasteiger partial charge in [-0.2, -0.15) is 5.21 Å². The number of H-pyrrole nitrogens is 1. The van der Waals surface area contributed by atoms with Crippen molar-refractivity contribution in [2.75, 3.05) is 49.3 Å². The maximum atomic E-state index is 13.2. The molecule has 1 aliphatic rings. The zero-order valence-corrected chi connectivity index (χ0v) is 22.2. The fourth-order valence-corrected chi connectivity index (χ4v) is 6.82. The van der Waals surface area contributed by atoms with Crippen molar-refractivity contribution in [2.24, 2.45) is 0 Å². The van der Waals surface area contributed by atoms with E-state index in [2.05, 4.69) is 47.2 Å². The van der Waals surface area contributed by atoms with E-state index in [0.29, 0.717) is 23.0 Å². The van der Waals surface area contributed by atoms with Crippen molar-refractivity contribution in [3.8, 4) is 0 Å². The molecule has 0 spiro atoms. The fourth-order valence-electron chi connectivity index (χ4n) is 4.11. The first-order valence-corrected chi connectivity index (χ1v) is 14.1. The molecule has 0 saturated carbocycles. The number of amides is 2. The third-order valence-electron chi connectivity index (χ3n) is 5.95. The van der Waals surface area contributed by atoms with E-state index in [4.69, 9.17) is 0 Å². The van der Waals surface area contributed by atoms with Crippen molar-refractivity contribution in [3.05, 3.63) is 34.8 Å². The Morgan fingerprint density at radius 3 is 2.69 bits per heavy atom. The molecule has 194 valence electrons. The molecule has 4 rings (SSSR count). The predicted molar refractivity (Wildman–Crippen MR) is 139 cm³/mol. The number of aromatic nitrogens is 5. The highest BCUT2D eigenvalue weighted by molar-refractivity contribution is 7.91. The van der Waals surface area contributed by atoms with Gasteiger partial charge in [-0.25, -0.2) is 18.2 Å². The molecule has 0 radical (unpaired) electrons. The number of aryl methyl sites for hydroxylation is 1. The number of thiazole rings is 1. The summed E-state index contributed by atoms with van der Waals surface area (Å²) in [5.74, 6) is 0. The predicted octanol–water partition coefficient (Wildman–Crippen LogP) is 3.07. The highest BCUT2D eigenvalue weighted by Gasteiger charge is 2.34. The summed E-state index contributed by atoms with van der Waals surface area (Å²) in [7, 11) is -0.166. The summed E-state index contributed by atoms with van der Waals surface area (Å²) in [5.41, 5.74) is 2.85. The number of hydrogen-bond acceptors (Lipinski definition) is 10. The van der Waals surface area contributed by atoms with Crippen molar-refractivity contribution in [3.63, 3.8) is 0 Å². The lowest BCUT2D eigenvalue weighted by atomic mass is 10.1. The maximum absolute atomic E-state index is 13.2. The Balaban J connectivity index is 1.50. The average molecular weight is 534 g/mol. The highest BCUT2D eigenvalue weighted by atomic mass is 32.2. The lowest BCUT2D eigenvalue weighted by Gasteiger charge is -2.30. The van der Waals surface area contributed by atoms with Crippen LogP contribution in [0.1, 0.15) is 41.4 Å². The maximum Gasteiger partial charge on any atom is 0.325 e. The number of carbonyl (C=O) groups excluding carboxylic acids is 1. The summed E-state index contributed by atoms with van der Waals surface area (Å²) >= 11 is 1.11. The number of urea groups is 1. The van der Waals surface area contributed by atoms with Gasteiger partial charge in [-0.3, -0.25) is 5.32 Å². The van der Waals surface area contributed by atoms with Gasteiger partial charge in [-0.05, 0) is 76.2 Å². The van der Waals surface area contributed by atoms with Gasteiger partial charge in [0.2, 0.25) is 9.84 Å². The van der Waals surface area contributed by atoms with Gasteiger partial charge in [0.1, 0.15) is 5.25 Å². The van der Waals surface area contributed by atoms with Crippen LogP contribution in [0.25, 0.3) is 0 Å². The van der Waals surface area contributed by atoms with Crippen LogP contribution in [0.2, 0.25) is 0 Å². The number of sulfone groups is 1. The number of rotatable bonds is 9. The summed E-state index contributed by atoms with van der Waals surface area (Å²) in [5, 5.41) is 17.6. The van der Waals surface area contributed by atoms with E-state index >= 15 is 0 Å². The summed E-state index contributed by atoms with van der Waals surface area (Å²) in [6, 6.07) is 5.51. The molecule has 3 aromatic rings. The van der Waals surface area contributed by atoms with E-state index in [9.17, 15) is 13.2 Å². The van der Waals surface area contributed by atoms with E-state index in [-0.39, 0.29) is 5.16 Å². The molecule has 1 unspecified atom stereocenters. The van der Waals surface area contributed by atoms with Crippen LogP contribution in [0.4, 0.5) is 21.3 Å². The lowest BCUT2D eigenvalue weighted by molar-refractivity contribution is 0.262. The number of nitrogens with zero attached hydrogens (tertiary/aromatic N) is 6. The van der Waals surface area contributed by atoms with Gasteiger partial charge in [0.25, 0.3) is 5.16 Å². The molecule has 0 aliphatic carbocycles. The van der Waals surface area contributed by atoms with Crippen LogP contribution in [-0.4, -0.2) is 78.7 Å². The Labute approximate surface area is 214 Å². The van der Waals surface area contributed by atoms with Gasteiger partial charge >= 0.3 is 6.03 Å². The number of benzene rings is 1. The van der Waals surface area contributed by atoms with E-state index in [0.717, 1.165) is 54.2 Å². The normalized spacial score (nSPS) is 15.2. The van der Waals surface area contributed by atoms with E-state index < -0.39 is 21.1 Å². The molecule has 2 aromatic heterocycles. The van der Waals surface area contributed by atoms with E-state index in [1.165, 1.54) is 12.6 Å². The van der Waals surface area contributed by atoms with Gasteiger partial charge in [-0.1, -0.05) is 11.2 Å². The summed E-state index contributed by atoms with van der Waals surface area (Å²) < 4.78 is 26.3. The molecule has 14 heteroatoms. The minimum absolute atomic E-state index is 0.298. The molecular formula is C22H31N9O3S2. The molecule has 1 fully saturated rings. The van der Waals surface area contributed by atoms with Crippen molar-refractivity contribution >= 4 is 43.7 Å². The van der Waals surface area contributed by atoms with Crippen LogP contribution in [0.15, 0.2) is 29.6 Å². The van der Waals surface area contributed by atoms with Crippen molar-refractivity contribution in [1.82, 2.24) is 30.5 Å². The molecule has 3 N–H and O–H groups in total. The fraction of sp³-hybridized carbons (Fsp3) is 0.500. The number of tetrazole rings is 1. The van der Waals surface area contributed by atoms with Gasteiger partial charge in [0, 0.05) is 24.2 Å². The molecule has 3 heterocycles. The molecule has 12 nitrogen and oxygen atoms in total. The van der Waals surface area contributed by atoms with Gasteiger partial charge < -0.3 is 15.1 Å². The molecule has 1 saturated heterocycles. The standard InChI is InChI=1S/C22H31N9O3S2/c1-15-7-8-16(17(13-15)31-10-5-4-6-11-31)24-20(32)25-21-23-14-18(35-21)19(9-12-30(2)3)36(33,34)22-26-28-29-27-22/h7-8,13-14,19H,4-6,9-12H2,1-3H3,(H2,23,24,25,32)(H,26,27,28,29). The van der Waals surface area contributed by atoms with Crippen LogP contribution in [0.5, 0.6) is 0 Å². The molecule has 1 aliphatic heterocycles. The highest BCUT2D eigenvalue weighted by Crippen LogP contribution is 2.35. The number of anilines is 3. The van der Waals surface area contributed by atoms with Crippen molar-refractivity contribution in [1.29, 1.82) is 0 Å². The molecule has 1 aromatic carbocycles. The van der Waals surface area contributed by atoms with Crippen LogP contribution in [-0.2, 0) is 9.84 Å². The molecule has 1 atom stereocenters. The molecular weight excluding hydrogens is 502 g/mol. The van der Waals surface area contributed by atoms with Gasteiger partial charge in [0.15, 0.2) is 5.13 Å². The Bertz CT molecular complexity index is 1270. The van der Waals surface area contributed by atoms with E-state index in [1.807, 2.05) is 38.1 Å². The average Bonchev–Trinajstić information content (AvgIpc) is 3.54. The largest absolute Gasteiger partial charge is 0.370 e. The number of nitrogens with one attached hydrogen (secondary N) is 3. The second-order valence-electron chi connectivity index (χ2n) is 9.04. The molecule has 2 amide bonds. The summed E-state index contributed by atoms with van der Waals surface area (Å²) in [6.07, 6.45) is 5.26. The van der Waals surface area contributed by atoms with Crippen LogP contribution < -0.4 is 15.5 Å². The quantitative estimate of drug-likeness (QED) is 0.377. The summed E-state index contributed by atoms with van der Waals surface area (Å²) in [4.78, 5) is 21.8. The van der Waals surface area contributed by atoms with Crippen LogP contribution in [0, 0.1) is 6.92 Å². The van der Waals surface area contributed by atoms with Crippen molar-refractivity contribution in [2.45, 2.75) is 43.0 Å². The number of hydrogen-bond donors (Lipinski definition) is 3. The Morgan fingerprint density at radius 2 is 2.00 bits per heavy atom. The first kappa shape index (κ1) is 26.0. The Hall–Kier alpha value is -3.10. The van der Waals surface area contributed by atoms with Crippen molar-refractivity contribution < 1.29 is 13.2 Å². The zero-order valence-electron chi connectivity index (χ0n) is 20.6. The summed E-state index contributed by atoms with van der Waals surface area (Å²) in [6.45, 7) is 4.47. The SMILES string of the molecule is Cc1ccc(NC(=O)Nc2ncc(C(CCN(C)C)S(=O)(=O)c3nn[nH]n3)s2)c(N2CCCCC2)c1. The van der Waals surface area contributed by atoms with Gasteiger partial charge in [0.05, 0.1) is 11.4 Å². The molecule has 36 heavy (non-hydrogen) atoms. The van der Waals surface area contributed by atoms with E-state index in [1.54, 1.807) is 0 Å². The number of aromatic amines is 1. The first-order valence-electron chi connectivity index (χ1n) is 11.8. The third kappa shape index (κ3) is 6.17. The minimum Gasteiger partial charge on any atom is -0.370 e. The smallest absolute Gasteiger partial charge is 0.325 e. The third-order valence-corrected chi connectivity index (χ3v) is 9.05. The van der Waals surface area contributed by atoms with Crippen LogP contribution in [0.3, 0.4) is 0 Å². The number of carbonyl (C=O) groups is 1. The Morgan fingerprint density at radius 1 is 1.22 bits per heavy atom. The van der Waals surface area contributed by atoms with Gasteiger partial charge in [-0.15, -0.1) is 16.4 Å². The van der Waals surface area contributed by atoms with Crippen LogP contribution >= 0.6 is 11.3 Å². The monoisotopic (exact) mass is 533 g/mol. The first-order chi connectivity index (χ1) is 17.2. The second kappa shape index (κ2) is 11.3. The second-order valence-corrected chi connectivity index (χ2v) is 12.1.